The molecule has 1 amide bonds. The third kappa shape index (κ3) is 3.39. The Morgan fingerprint density at radius 1 is 1.22 bits per heavy atom. The number of carbonyl (C=O) groups excluding carboxylic acids is 1. The number of carbonyl (C=O) groups is 1. The third-order valence-electron chi connectivity index (χ3n) is 4.49. The van der Waals surface area contributed by atoms with Crippen molar-refractivity contribution >= 4 is 49.1 Å². The lowest BCUT2D eigenvalue weighted by atomic mass is 10.0. The van der Waals surface area contributed by atoms with Crippen molar-refractivity contribution in [2.24, 2.45) is 5.92 Å². The molecule has 3 aromatic rings. The molecule has 1 N–H and O–H groups in total. The number of amides is 1. The molecule has 0 saturated carbocycles. The van der Waals surface area contributed by atoms with E-state index in [4.69, 9.17) is 0 Å². The third-order valence-corrected chi connectivity index (χ3v) is 6.56. The van der Waals surface area contributed by atoms with Gasteiger partial charge in [-0.3, -0.25) is 4.79 Å². The van der Waals surface area contributed by atoms with E-state index in [0.29, 0.717) is 28.1 Å². The lowest BCUT2D eigenvalue weighted by Crippen LogP contribution is -2.52. The van der Waals surface area contributed by atoms with Gasteiger partial charge in [-0.15, -0.1) is 11.3 Å². The van der Waals surface area contributed by atoms with E-state index in [0.717, 1.165) is 16.6 Å². The van der Waals surface area contributed by atoms with Gasteiger partial charge in [0.15, 0.2) is 10.3 Å². The van der Waals surface area contributed by atoms with Crippen molar-refractivity contribution in [1.82, 2.24) is 9.97 Å². The summed E-state index contributed by atoms with van der Waals surface area (Å²) < 4.78 is 39.9. The Balaban J connectivity index is 1.45. The van der Waals surface area contributed by atoms with E-state index in [1.807, 2.05) is 18.7 Å². The van der Waals surface area contributed by atoms with E-state index in [2.05, 4.69) is 15.3 Å². The summed E-state index contributed by atoms with van der Waals surface area (Å²) in [5, 5.41) is 3.89. The molecule has 1 aromatic carbocycles. The second-order valence-electron chi connectivity index (χ2n) is 6.40. The molecule has 142 valence electrons. The SMILES string of the molecule is Cc1nc(NC(=O)C2CN(c3nc4c(C(F)(F)F)cccc4s3)C2)sc1C. The number of aromatic nitrogens is 2. The van der Waals surface area contributed by atoms with Crippen LogP contribution in [-0.2, 0) is 11.0 Å². The van der Waals surface area contributed by atoms with Crippen LogP contribution in [0.3, 0.4) is 0 Å². The maximum atomic E-state index is 13.1. The molecule has 0 bridgehead atoms. The predicted molar refractivity (Wildman–Crippen MR) is 101 cm³/mol. The van der Waals surface area contributed by atoms with Crippen LogP contribution < -0.4 is 10.2 Å². The number of nitrogens with one attached hydrogen (secondary N) is 1. The number of halogens is 3. The van der Waals surface area contributed by atoms with Gasteiger partial charge in [0.25, 0.3) is 0 Å². The molecule has 1 saturated heterocycles. The monoisotopic (exact) mass is 412 g/mol. The summed E-state index contributed by atoms with van der Waals surface area (Å²) in [5.74, 6) is -0.360. The van der Waals surface area contributed by atoms with Crippen molar-refractivity contribution in [1.29, 1.82) is 0 Å². The van der Waals surface area contributed by atoms with Gasteiger partial charge in [-0.1, -0.05) is 17.4 Å². The van der Waals surface area contributed by atoms with E-state index >= 15 is 0 Å². The van der Waals surface area contributed by atoms with Crippen molar-refractivity contribution < 1.29 is 18.0 Å². The Hall–Kier alpha value is -2.20. The first-order chi connectivity index (χ1) is 12.7. The number of hydrogen-bond acceptors (Lipinski definition) is 6. The number of hydrogen-bond donors (Lipinski definition) is 1. The minimum absolute atomic E-state index is 0.0355. The van der Waals surface area contributed by atoms with Gasteiger partial charge in [0.2, 0.25) is 5.91 Å². The zero-order chi connectivity index (χ0) is 19.3. The molecule has 1 aliphatic rings. The molecule has 1 aliphatic heterocycles. The van der Waals surface area contributed by atoms with Gasteiger partial charge < -0.3 is 10.2 Å². The van der Waals surface area contributed by atoms with Gasteiger partial charge in [-0.2, -0.15) is 13.2 Å². The topological polar surface area (TPSA) is 58.1 Å². The second kappa shape index (κ2) is 6.45. The molecule has 3 heterocycles. The average molecular weight is 412 g/mol. The predicted octanol–water partition coefficient (Wildman–Crippen LogP) is 4.46. The zero-order valence-electron chi connectivity index (χ0n) is 14.4. The molecule has 1 fully saturated rings. The highest BCUT2D eigenvalue weighted by molar-refractivity contribution is 7.22. The van der Waals surface area contributed by atoms with E-state index < -0.39 is 11.7 Å². The lowest BCUT2D eigenvalue weighted by Gasteiger charge is -2.37. The van der Waals surface area contributed by atoms with Crippen molar-refractivity contribution in [3.8, 4) is 0 Å². The Labute approximate surface area is 160 Å². The van der Waals surface area contributed by atoms with Crippen molar-refractivity contribution in [3.05, 3.63) is 34.3 Å². The van der Waals surface area contributed by atoms with Crippen molar-refractivity contribution in [2.75, 3.05) is 23.3 Å². The molecule has 2 aromatic heterocycles. The first kappa shape index (κ1) is 18.2. The number of anilines is 2. The normalized spacial score (nSPS) is 15.2. The Bertz CT molecular complexity index is 1000. The molecule has 0 unspecified atom stereocenters. The molecule has 10 heteroatoms. The van der Waals surface area contributed by atoms with Gasteiger partial charge in [-0.25, -0.2) is 9.97 Å². The zero-order valence-corrected chi connectivity index (χ0v) is 16.1. The maximum Gasteiger partial charge on any atom is 0.418 e. The summed E-state index contributed by atoms with van der Waals surface area (Å²) in [6, 6.07) is 4.05. The Morgan fingerprint density at radius 3 is 2.59 bits per heavy atom. The number of alkyl halides is 3. The fourth-order valence-electron chi connectivity index (χ4n) is 2.84. The van der Waals surface area contributed by atoms with Crippen molar-refractivity contribution in [2.45, 2.75) is 20.0 Å². The smallest absolute Gasteiger partial charge is 0.346 e. The number of rotatable bonds is 3. The van der Waals surface area contributed by atoms with Crippen LogP contribution in [0.5, 0.6) is 0 Å². The number of thiazole rings is 2. The van der Waals surface area contributed by atoms with Gasteiger partial charge in [0, 0.05) is 18.0 Å². The number of nitrogens with zero attached hydrogens (tertiary/aromatic N) is 3. The highest BCUT2D eigenvalue weighted by Gasteiger charge is 2.37. The summed E-state index contributed by atoms with van der Waals surface area (Å²) in [6.07, 6.45) is -4.44. The molecule has 0 radical (unpaired) electrons. The molecule has 0 spiro atoms. The highest BCUT2D eigenvalue weighted by atomic mass is 32.1. The number of para-hydroxylation sites is 1. The molecule has 4 rings (SSSR count). The van der Waals surface area contributed by atoms with Gasteiger partial charge in [-0.05, 0) is 26.0 Å². The van der Waals surface area contributed by atoms with Crippen LogP contribution in [0.25, 0.3) is 10.2 Å². The van der Waals surface area contributed by atoms with Crippen LogP contribution in [0, 0.1) is 19.8 Å². The minimum atomic E-state index is -4.44. The highest BCUT2D eigenvalue weighted by Crippen LogP contribution is 2.39. The molecular formula is C17H15F3N4OS2. The van der Waals surface area contributed by atoms with Crippen LogP contribution in [0.4, 0.5) is 23.4 Å². The van der Waals surface area contributed by atoms with E-state index in [1.54, 1.807) is 6.07 Å². The standard InChI is InChI=1S/C17H15F3N4OS2/c1-8-9(2)26-15(21-8)23-14(25)10-6-24(7-10)16-22-13-11(17(18,19)20)4-3-5-12(13)27-16/h3-5,10H,6-7H2,1-2H3,(H,21,23,25). The molecule has 5 nitrogen and oxygen atoms in total. The van der Waals surface area contributed by atoms with Crippen molar-refractivity contribution in [3.63, 3.8) is 0 Å². The Kier molecular flexibility index (Phi) is 4.34. The molecule has 27 heavy (non-hydrogen) atoms. The van der Waals surface area contributed by atoms with E-state index in [-0.39, 0.29) is 17.3 Å². The fraction of sp³-hybridized carbons (Fsp3) is 0.353. The van der Waals surface area contributed by atoms with Crippen LogP contribution in [-0.4, -0.2) is 29.0 Å². The van der Waals surface area contributed by atoms with Crippen LogP contribution in [0.2, 0.25) is 0 Å². The molecular weight excluding hydrogens is 397 g/mol. The Morgan fingerprint density at radius 2 is 1.96 bits per heavy atom. The van der Waals surface area contributed by atoms with E-state index in [1.165, 1.54) is 28.7 Å². The second-order valence-corrected chi connectivity index (χ2v) is 8.61. The quantitative estimate of drug-likeness (QED) is 0.690. The van der Waals surface area contributed by atoms with Crippen LogP contribution in [0.1, 0.15) is 16.1 Å². The lowest BCUT2D eigenvalue weighted by molar-refractivity contribution is -0.136. The van der Waals surface area contributed by atoms with Crippen LogP contribution in [0.15, 0.2) is 18.2 Å². The van der Waals surface area contributed by atoms with Crippen LogP contribution >= 0.6 is 22.7 Å². The minimum Gasteiger partial charge on any atom is -0.346 e. The number of benzene rings is 1. The summed E-state index contributed by atoms with van der Waals surface area (Å²) in [4.78, 5) is 23.7. The summed E-state index contributed by atoms with van der Waals surface area (Å²) >= 11 is 2.63. The van der Waals surface area contributed by atoms with Gasteiger partial charge in [0.05, 0.1) is 27.4 Å². The first-order valence-electron chi connectivity index (χ1n) is 8.19. The first-order valence-corrected chi connectivity index (χ1v) is 9.82. The summed E-state index contributed by atoms with van der Waals surface area (Å²) in [7, 11) is 0. The molecule has 0 atom stereocenters. The fourth-order valence-corrected chi connectivity index (χ4v) is 4.66. The van der Waals surface area contributed by atoms with E-state index in [9.17, 15) is 18.0 Å². The molecule has 0 aliphatic carbocycles. The maximum absolute atomic E-state index is 13.1. The summed E-state index contributed by atoms with van der Waals surface area (Å²) in [5.41, 5.74) is 0.124. The average Bonchev–Trinajstić information content (AvgIpc) is 3.07. The van der Waals surface area contributed by atoms with Gasteiger partial charge in [0.1, 0.15) is 0 Å². The van der Waals surface area contributed by atoms with Gasteiger partial charge >= 0.3 is 6.18 Å². The largest absolute Gasteiger partial charge is 0.418 e. The summed E-state index contributed by atoms with van der Waals surface area (Å²) in [6.45, 7) is 4.68. The number of fused-ring (bicyclic) bond motifs is 1. The number of aryl methyl sites for hydroxylation is 2.